The van der Waals surface area contributed by atoms with E-state index in [4.69, 9.17) is 5.73 Å². The first-order valence-corrected chi connectivity index (χ1v) is 5.21. The normalized spacial score (nSPS) is 21.2. The lowest BCUT2D eigenvalue weighted by atomic mass is 10.2. The van der Waals surface area contributed by atoms with Crippen LogP contribution in [0.2, 0.25) is 0 Å². The molecule has 0 aliphatic carbocycles. The van der Waals surface area contributed by atoms with E-state index in [1.807, 2.05) is 13.8 Å². The maximum absolute atomic E-state index is 11.3. The molecule has 0 saturated carbocycles. The summed E-state index contributed by atoms with van der Waals surface area (Å²) in [5, 5.41) is 2.52. The highest BCUT2D eigenvalue weighted by Crippen LogP contribution is 2.22. The van der Waals surface area contributed by atoms with Gasteiger partial charge < -0.3 is 11.1 Å². The molecule has 0 aromatic rings. The summed E-state index contributed by atoms with van der Waals surface area (Å²) in [6.45, 7) is 3.73. The standard InChI is InChI=1S/C8H13N3O2S/c1-4(2)10-6(12)3-5-7(13)11-8(9)14-5/h4-5H,3H2,1-2H3,(H,10,12)(H2,9,11,13)/t5-/m0/s1. The number of thioether (sulfide) groups is 1. The summed E-state index contributed by atoms with van der Waals surface area (Å²) < 4.78 is 0. The Morgan fingerprint density at radius 2 is 2.36 bits per heavy atom. The van der Waals surface area contributed by atoms with Crippen molar-refractivity contribution in [1.29, 1.82) is 0 Å². The van der Waals surface area contributed by atoms with Crippen molar-refractivity contribution in [1.82, 2.24) is 5.32 Å². The molecule has 1 aliphatic rings. The fourth-order valence-corrected chi connectivity index (χ4v) is 1.90. The van der Waals surface area contributed by atoms with Crippen LogP contribution < -0.4 is 11.1 Å². The van der Waals surface area contributed by atoms with Crippen LogP contribution in [0.1, 0.15) is 20.3 Å². The number of carbonyl (C=O) groups excluding carboxylic acids is 2. The van der Waals surface area contributed by atoms with Gasteiger partial charge in [-0.2, -0.15) is 4.99 Å². The largest absolute Gasteiger partial charge is 0.378 e. The average molecular weight is 215 g/mol. The van der Waals surface area contributed by atoms with Gasteiger partial charge in [0.05, 0.1) is 0 Å². The van der Waals surface area contributed by atoms with Crippen molar-refractivity contribution in [3.05, 3.63) is 0 Å². The number of hydrogen-bond acceptors (Lipinski definition) is 4. The second kappa shape index (κ2) is 4.45. The molecule has 78 valence electrons. The lowest BCUT2D eigenvalue weighted by molar-refractivity contribution is -0.124. The summed E-state index contributed by atoms with van der Waals surface area (Å²) in [7, 11) is 0. The molecule has 6 heteroatoms. The number of nitrogens with one attached hydrogen (secondary N) is 1. The Morgan fingerprint density at radius 3 is 2.79 bits per heavy atom. The molecule has 3 N–H and O–H groups in total. The molecule has 1 atom stereocenters. The number of nitrogens with two attached hydrogens (primary N) is 1. The lowest BCUT2D eigenvalue weighted by Gasteiger charge is -2.09. The zero-order chi connectivity index (χ0) is 10.7. The number of aliphatic imine (C=N–C) groups is 1. The summed E-state index contributed by atoms with van der Waals surface area (Å²) >= 11 is 1.15. The summed E-state index contributed by atoms with van der Waals surface area (Å²) in [4.78, 5) is 26.0. The van der Waals surface area contributed by atoms with Crippen molar-refractivity contribution in [2.45, 2.75) is 31.6 Å². The molecule has 0 radical (unpaired) electrons. The molecule has 1 rings (SSSR count). The van der Waals surface area contributed by atoms with Crippen LogP contribution in [0.15, 0.2) is 4.99 Å². The highest BCUT2D eigenvalue weighted by Gasteiger charge is 2.29. The number of carbonyl (C=O) groups is 2. The van der Waals surface area contributed by atoms with E-state index >= 15 is 0 Å². The van der Waals surface area contributed by atoms with E-state index in [0.29, 0.717) is 0 Å². The summed E-state index contributed by atoms with van der Waals surface area (Å²) in [6.07, 6.45) is 0.145. The van der Waals surface area contributed by atoms with Crippen LogP contribution in [0, 0.1) is 0 Å². The highest BCUT2D eigenvalue weighted by molar-refractivity contribution is 8.15. The van der Waals surface area contributed by atoms with Gasteiger partial charge in [-0.15, -0.1) is 0 Å². The topological polar surface area (TPSA) is 84.6 Å². The van der Waals surface area contributed by atoms with E-state index in [-0.39, 0.29) is 29.4 Å². The first-order chi connectivity index (χ1) is 6.49. The molecule has 5 nitrogen and oxygen atoms in total. The van der Waals surface area contributed by atoms with Gasteiger partial charge in [0.25, 0.3) is 5.91 Å². The minimum Gasteiger partial charge on any atom is -0.378 e. The summed E-state index contributed by atoms with van der Waals surface area (Å²) in [5.41, 5.74) is 5.35. The predicted molar refractivity (Wildman–Crippen MR) is 55.9 cm³/mol. The Kier molecular flexibility index (Phi) is 3.51. The number of amidine groups is 1. The molecule has 0 aromatic heterocycles. The number of amides is 2. The van der Waals surface area contributed by atoms with Gasteiger partial charge in [-0.05, 0) is 13.8 Å². The third kappa shape index (κ3) is 3.02. The van der Waals surface area contributed by atoms with Gasteiger partial charge in [0.1, 0.15) is 5.25 Å². The van der Waals surface area contributed by atoms with Crippen molar-refractivity contribution in [3.8, 4) is 0 Å². The fraction of sp³-hybridized carbons (Fsp3) is 0.625. The van der Waals surface area contributed by atoms with Gasteiger partial charge in [0.15, 0.2) is 5.17 Å². The van der Waals surface area contributed by atoms with Gasteiger partial charge in [0, 0.05) is 12.5 Å². The van der Waals surface area contributed by atoms with Crippen molar-refractivity contribution in [3.63, 3.8) is 0 Å². The molecule has 0 bridgehead atoms. The Labute approximate surface area is 86.5 Å². The smallest absolute Gasteiger partial charge is 0.262 e. The zero-order valence-electron chi connectivity index (χ0n) is 8.11. The van der Waals surface area contributed by atoms with Gasteiger partial charge in [-0.25, -0.2) is 0 Å². The molecular weight excluding hydrogens is 202 g/mol. The average Bonchev–Trinajstić information content (AvgIpc) is 2.28. The molecule has 1 aliphatic heterocycles. The van der Waals surface area contributed by atoms with Crippen LogP contribution in [-0.2, 0) is 9.59 Å². The second-order valence-corrected chi connectivity index (χ2v) is 4.54. The Morgan fingerprint density at radius 1 is 1.71 bits per heavy atom. The fourth-order valence-electron chi connectivity index (χ4n) is 1.08. The molecule has 0 fully saturated rings. The number of nitrogens with zero attached hydrogens (tertiary/aromatic N) is 1. The van der Waals surface area contributed by atoms with Gasteiger partial charge in [-0.3, -0.25) is 9.59 Å². The van der Waals surface area contributed by atoms with Crippen molar-refractivity contribution < 1.29 is 9.59 Å². The van der Waals surface area contributed by atoms with E-state index < -0.39 is 5.25 Å². The Balaban J connectivity index is 2.40. The van der Waals surface area contributed by atoms with Crippen LogP contribution in [-0.4, -0.2) is 28.3 Å². The summed E-state index contributed by atoms with van der Waals surface area (Å²) in [5.74, 6) is -0.456. The van der Waals surface area contributed by atoms with E-state index in [1.54, 1.807) is 0 Å². The van der Waals surface area contributed by atoms with Gasteiger partial charge in [-0.1, -0.05) is 11.8 Å². The number of rotatable bonds is 3. The highest BCUT2D eigenvalue weighted by atomic mass is 32.2. The maximum Gasteiger partial charge on any atom is 0.262 e. The number of hydrogen-bond donors (Lipinski definition) is 2. The van der Waals surface area contributed by atoms with E-state index in [1.165, 1.54) is 0 Å². The monoisotopic (exact) mass is 215 g/mol. The van der Waals surface area contributed by atoms with E-state index in [2.05, 4.69) is 10.3 Å². The van der Waals surface area contributed by atoms with Crippen molar-refractivity contribution in [2.75, 3.05) is 0 Å². The van der Waals surface area contributed by atoms with Crippen LogP contribution >= 0.6 is 11.8 Å². The van der Waals surface area contributed by atoms with Gasteiger partial charge >= 0.3 is 0 Å². The van der Waals surface area contributed by atoms with E-state index in [9.17, 15) is 9.59 Å². The van der Waals surface area contributed by atoms with Crippen molar-refractivity contribution >= 4 is 28.7 Å². The second-order valence-electron chi connectivity index (χ2n) is 3.32. The summed E-state index contributed by atoms with van der Waals surface area (Å²) in [6, 6.07) is 0.0854. The molecule has 0 unspecified atom stereocenters. The molecule has 0 saturated heterocycles. The quantitative estimate of drug-likeness (QED) is 0.686. The van der Waals surface area contributed by atoms with Crippen LogP contribution in [0.5, 0.6) is 0 Å². The third-order valence-electron chi connectivity index (χ3n) is 1.58. The Hall–Kier alpha value is -1.04. The Bertz CT molecular complexity index is 288. The van der Waals surface area contributed by atoms with Crippen LogP contribution in [0.4, 0.5) is 0 Å². The minimum absolute atomic E-state index is 0.0854. The molecule has 0 spiro atoms. The first kappa shape index (κ1) is 11.0. The predicted octanol–water partition coefficient (Wildman–Crippen LogP) is -0.142. The lowest BCUT2D eigenvalue weighted by Crippen LogP contribution is -2.33. The zero-order valence-corrected chi connectivity index (χ0v) is 8.93. The molecular formula is C8H13N3O2S. The third-order valence-corrected chi connectivity index (χ3v) is 2.56. The first-order valence-electron chi connectivity index (χ1n) is 4.33. The molecule has 0 aromatic carbocycles. The van der Waals surface area contributed by atoms with Crippen LogP contribution in [0.3, 0.4) is 0 Å². The molecule has 2 amide bonds. The van der Waals surface area contributed by atoms with E-state index in [0.717, 1.165) is 11.8 Å². The van der Waals surface area contributed by atoms with Crippen LogP contribution in [0.25, 0.3) is 0 Å². The van der Waals surface area contributed by atoms with Gasteiger partial charge in [0.2, 0.25) is 5.91 Å². The molecule has 14 heavy (non-hydrogen) atoms. The minimum atomic E-state index is -0.436. The molecule has 1 heterocycles. The maximum atomic E-state index is 11.3. The SMILES string of the molecule is CC(C)NC(=O)C[C@@H]1SC(N)=NC1=O. The van der Waals surface area contributed by atoms with Crippen molar-refractivity contribution in [2.24, 2.45) is 10.7 Å².